The molecule has 0 bridgehead atoms. The molecular weight excluding hydrogens is 190 g/mol. The Morgan fingerprint density at radius 1 is 1.43 bits per heavy atom. The predicted molar refractivity (Wildman–Crippen MR) is 64.2 cm³/mol. The van der Waals surface area contributed by atoms with Crippen LogP contribution >= 0.6 is 11.8 Å². The van der Waals surface area contributed by atoms with Crippen molar-refractivity contribution in [3.8, 4) is 0 Å². The molecule has 1 atom stereocenters. The van der Waals surface area contributed by atoms with Crippen molar-refractivity contribution in [3.05, 3.63) is 23.8 Å². The molecule has 14 heavy (non-hydrogen) atoms. The molecular formula is C12H17NS. The summed E-state index contributed by atoms with van der Waals surface area (Å²) in [7, 11) is 0. The van der Waals surface area contributed by atoms with Crippen molar-refractivity contribution in [3.63, 3.8) is 0 Å². The van der Waals surface area contributed by atoms with E-state index in [2.05, 4.69) is 44.3 Å². The Bertz CT molecular complexity index is 333. The molecule has 0 aliphatic carbocycles. The molecule has 76 valence electrons. The third-order valence-corrected chi connectivity index (χ3v) is 4.34. The number of para-hydroxylation sites is 1. The molecule has 1 N–H and O–H groups in total. The highest BCUT2D eigenvalue weighted by molar-refractivity contribution is 8.00. The van der Waals surface area contributed by atoms with Gasteiger partial charge < -0.3 is 5.32 Å². The highest BCUT2D eigenvalue weighted by Gasteiger charge is 2.21. The molecule has 1 heterocycles. The predicted octanol–water partition coefficient (Wildman–Crippen LogP) is 3.54. The monoisotopic (exact) mass is 207 g/mol. The van der Waals surface area contributed by atoms with Crippen LogP contribution in [0.5, 0.6) is 0 Å². The van der Waals surface area contributed by atoms with Crippen LogP contribution < -0.4 is 5.32 Å². The average Bonchev–Trinajstić information content (AvgIpc) is 2.17. The highest BCUT2D eigenvalue weighted by atomic mass is 32.2. The SMILES string of the molecule is Cc1cccc2c1NCC(C(C)C)S2. The normalized spacial score (nSPS) is 20.4. The van der Waals surface area contributed by atoms with Gasteiger partial charge in [-0.25, -0.2) is 0 Å². The fraction of sp³-hybridized carbons (Fsp3) is 0.500. The van der Waals surface area contributed by atoms with Crippen LogP contribution in [0.15, 0.2) is 23.1 Å². The van der Waals surface area contributed by atoms with E-state index in [-0.39, 0.29) is 0 Å². The van der Waals surface area contributed by atoms with Crippen molar-refractivity contribution in [2.45, 2.75) is 30.9 Å². The largest absolute Gasteiger partial charge is 0.383 e. The summed E-state index contributed by atoms with van der Waals surface area (Å²) < 4.78 is 0. The molecule has 1 unspecified atom stereocenters. The standard InChI is InChI=1S/C12H17NS/c1-8(2)11-7-13-12-9(3)5-4-6-10(12)14-11/h4-6,8,11,13H,7H2,1-3H3. The average molecular weight is 207 g/mol. The Balaban J connectivity index is 2.27. The topological polar surface area (TPSA) is 12.0 Å². The van der Waals surface area contributed by atoms with Crippen molar-refractivity contribution >= 4 is 17.4 Å². The summed E-state index contributed by atoms with van der Waals surface area (Å²) in [6, 6.07) is 6.53. The molecule has 0 saturated carbocycles. The van der Waals surface area contributed by atoms with Gasteiger partial charge in [0.1, 0.15) is 0 Å². The second-order valence-corrected chi connectivity index (χ2v) is 5.51. The van der Waals surface area contributed by atoms with Crippen LogP contribution in [0.4, 0.5) is 5.69 Å². The van der Waals surface area contributed by atoms with Crippen molar-refractivity contribution in [2.75, 3.05) is 11.9 Å². The third kappa shape index (κ3) is 1.76. The number of thioether (sulfide) groups is 1. The van der Waals surface area contributed by atoms with E-state index in [1.807, 2.05) is 11.8 Å². The Hall–Kier alpha value is -0.630. The second kappa shape index (κ2) is 3.85. The fourth-order valence-corrected chi connectivity index (χ4v) is 3.02. The smallest absolute Gasteiger partial charge is 0.0508 e. The van der Waals surface area contributed by atoms with Crippen molar-refractivity contribution < 1.29 is 0 Å². The van der Waals surface area contributed by atoms with Crippen LogP contribution in [-0.4, -0.2) is 11.8 Å². The van der Waals surface area contributed by atoms with Gasteiger partial charge in [0.15, 0.2) is 0 Å². The van der Waals surface area contributed by atoms with Gasteiger partial charge >= 0.3 is 0 Å². The number of hydrogen-bond acceptors (Lipinski definition) is 2. The van der Waals surface area contributed by atoms with Gasteiger partial charge in [0.05, 0.1) is 5.69 Å². The number of aryl methyl sites for hydroxylation is 1. The Kier molecular flexibility index (Phi) is 2.73. The summed E-state index contributed by atoms with van der Waals surface area (Å²) >= 11 is 2.02. The molecule has 1 aliphatic heterocycles. The van der Waals surface area contributed by atoms with Gasteiger partial charge in [0.25, 0.3) is 0 Å². The van der Waals surface area contributed by atoms with Gasteiger partial charge in [-0.05, 0) is 24.5 Å². The summed E-state index contributed by atoms with van der Waals surface area (Å²) in [5, 5.41) is 4.25. The molecule has 1 aromatic carbocycles. The minimum atomic E-state index is 0.712. The zero-order valence-corrected chi connectivity index (χ0v) is 9.82. The Morgan fingerprint density at radius 3 is 2.93 bits per heavy atom. The molecule has 0 amide bonds. The van der Waals surface area contributed by atoms with Crippen LogP contribution in [0.25, 0.3) is 0 Å². The first-order valence-electron chi connectivity index (χ1n) is 5.18. The molecule has 0 spiro atoms. The van der Waals surface area contributed by atoms with Crippen LogP contribution in [0.1, 0.15) is 19.4 Å². The molecule has 2 rings (SSSR count). The fourth-order valence-electron chi connectivity index (χ4n) is 1.74. The number of anilines is 1. The quantitative estimate of drug-likeness (QED) is 0.756. The van der Waals surface area contributed by atoms with Gasteiger partial charge in [-0.3, -0.25) is 0 Å². The zero-order chi connectivity index (χ0) is 10.1. The molecule has 2 heteroatoms. The lowest BCUT2D eigenvalue weighted by Gasteiger charge is -2.29. The number of hydrogen-bond donors (Lipinski definition) is 1. The molecule has 0 aromatic heterocycles. The van der Waals surface area contributed by atoms with E-state index in [0.29, 0.717) is 5.25 Å². The number of fused-ring (bicyclic) bond motifs is 1. The van der Waals surface area contributed by atoms with Crippen LogP contribution in [0, 0.1) is 12.8 Å². The summed E-state index contributed by atoms with van der Waals surface area (Å²) in [6.07, 6.45) is 0. The highest BCUT2D eigenvalue weighted by Crippen LogP contribution is 2.39. The van der Waals surface area contributed by atoms with E-state index in [1.165, 1.54) is 16.1 Å². The molecule has 0 radical (unpaired) electrons. The molecule has 1 aromatic rings. The second-order valence-electron chi connectivity index (χ2n) is 4.23. The minimum absolute atomic E-state index is 0.712. The Morgan fingerprint density at radius 2 is 2.21 bits per heavy atom. The van der Waals surface area contributed by atoms with Gasteiger partial charge in [-0.15, -0.1) is 11.8 Å². The number of benzene rings is 1. The van der Waals surface area contributed by atoms with Crippen LogP contribution in [0.2, 0.25) is 0 Å². The van der Waals surface area contributed by atoms with Gasteiger partial charge in [-0.2, -0.15) is 0 Å². The summed E-state index contributed by atoms with van der Waals surface area (Å²) in [4.78, 5) is 1.41. The molecule has 1 aliphatic rings. The minimum Gasteiger partial charge on any atom is -0.383 e. The Labute approximate surface area is 90.3 Å². The zero-order valence-electron chi connectivity index (χ0n) is 9.00. The van der Waals surface area contributed by atoms with Gasteiger partial charge in [0, 0.05) is 16.7 Å². The maximum atomic E-state index is 3.54. The maximum Gasteiger partial charge on any atom is 0.0508 e. The first kappa shape index (κ1) is 9.91. The van der Waals surface area contributed by atoms with E-state index < -0.39 is 0 Å². The summed E-state index contributed by atoms with van der Waals surface area (Å²) in [5.41, 5.74) is 2.70. The number of nitrogens with one attached hydrogen (secondary N) is 1. The van der Waals surface area contributed by atoms with Crippen molar-refractivity contribution in [1.82, 2.24) is 0 Å². The van der Waals surface area contributed by atoms with E-state index in [4.69, 9.17) is 0 Å². The lowest BCUT2D eigenvalue weighted by molar-refractivity contribution is 0.619. The van der Waals surface area contributed by atoms with Gasteiger partial charge in [0.2, 0.25) is 0 Å². The molecule has 1 nitrogen and oxygen atoms in total. The van der Waals surface area contributed by atoms with E-state index >= 15 is 0 Å². The first-order chi connectivity index (χ1) is 6.68. The van der Waals surface area contributed by atoms with Crippen LogP contribution in [-0.2, 0) is 0 Å². The first-order valence-corrected chi connectivity index (χ1v) is 6.06. The lowest BCUT2D eigenvalue weighted by Crippen LogP contribution is -2.26. The van der Waals surface area contributed by atoms with Gasteiger partial charge in [-0.1, -0.05) is 26.0 Å². The van der Waals surface area contributed by atoms with E-state index in [1.54, 1.807) is 0 Å². The van der Waals surface area contributed by atoms with Crippen LogP contribution in [0.3, 0.4) is 0 Å². The number of rotatable bonds is 1. The van der Waals surface area contributed by atoms with Crippen molar-refractivity contribution in [2.24, 2.45) is 5.92 Å². The molecule has 0 saturated heterocycles. The lowest BCUT2D eigenvalue weighted by atomic mass is 10.1. The summed E-state index contributed by atoms with van der Waals surface area (Å²) in [6.45, 7) is 7.85. The van der Waals surface area contributed by atoms with Crippen molar-refractivity contribution in [1.29, 1.82) is 0 Å². The van der Waals surface area contributed by atoms with E-state index in [9.17, 15) is 0 Å². The molecule has 0 fully saturated rings. The van der Waals surface area contributed by atoms with E-state index in [0.717, 1.165) is 12.5 Å². The summed E-state index contributed by atoms with van der Waals surface area (Å²) in [5.74, 6) is 0.737. The maximum absolute atomic E-state index is 3.54. The third-order valence-electron chi connectivity index (χ3n) is 2.74.